The highest BCUT2D eigenvalue weighted by Gasteiger charge is 2.18. The number of carbonyl (C=O) groups is 1. The molecule has 3 rings (SSSR count). The first kappa shape index (κ1) is 18.8. The average molecular weight is 385 g/mol. The quantitative estimate of drug-likeness (QED) is 0.613. The maximum atomic E-state index is 10.9. The first-order valence-electron chi connectivity index (χ1n) is 8.57. The van der Waals surface area contributed by atoms with Gasteiger partial charge in [-0.1, -0.05) is 35.9 Å². The molecule has 0 spiro atoms. The van der Waals surface area contributed by atoms with Crippen molar-refractivity contribution in [2.45, 2.75) is 19.4 Å². The van der Waals surface area contributed by atoms with Crippen LogP contribution in [0.1, 0.15) is 33.1 Å². The highest BCUT2D eigenvalue weighted by molar-refractivity contribution is 6.31. The van der Waals surface area contributed by atoms with E-state index in [1.54, 1.807) is 12.1 Å². The number of aliphatic imine (C=N–C) groups is 1. The zero-order valence-corrected chi connectivity index (χ0v) is 15.6. The maximum Gasteiger partial charge on any atom is 0.335 e. The fourth-order valence-corrected chi connectivity index (χ4v) is 3.10. The molecule has 0 aromatic heterocycles. The molecular weight excluding hydrogens is 364 g/mol. The topological polar surface area (TPSA) is 99.7 Å². The second kappa shape index (κ2) is 8.14. The van der Waals surface area contributed by atoms with Crippen LogP contribution in [0.5, 0.6) is 0 Å². The van der Waals surface area contributed by atoms with Crippen molar-refractivity contribution in [3.05, 3.63) is 81.6 Å². The maximum absolute atomic E-state index is 10.9. The Morgan fingerprint density at radius 3 is 2.74 bits per heavy atom. The number of aromatic carboxylic acids is 1. The number of nitrogens with zero attached hydrogens (tertiary/aromatic N) is 1. The third-order valence-corrected chi connectivity index (χ3v) is 4.83. The molecule has 1 unspecified atom stereocenters. The van der Waals surface area contributed by atoms with Crippen LogP contribution < -0.4 is 16.4 Å². The van der Waals surface area contributed by atoms with Gasteiger partial charge in [-0.05, 0) is 54.3 Å². The van der Waals surface area contributed by atoms with E-state index in [1.807, 2.05) is 43.3 Å². The molecule has 0 fully saturated rings. The normalized spacial score (nSPS) is 16.1. The molecule has 27 heavy (non-hydrogen) atoms. The van der Waals surface area contributed by atoms with Gasteiger partial charge in [-0.2, -0.15) is 0 Å². The molecular formula is C20H21ClN4O2. The minimum atomic E-state index is -0.923. The second-order valence-corrected chi connectivity index (χ2v) is 6.70. The summed E-state index contributed by atoms with van der Waals surface area (Å²) in [4.78, 5) is 15.3. The lowest BCUT2D eigenvalue weighted by atomic mass is 10.0. The van der Waals surface area contributed by atoms with E-state index in [1.165, 1.54) is 0 Å². The minimum Gasteiger partial charge on any atom is -0.478 e. The summed E-state index contributed by atoms with van der Waals surface area (Å²) >= 11 is 6.22. The summed E-state index contributed by atoms with van der Waals surface area (Å²) in [6.07, 6.45) is 2.72. The monoisotopic (exact) mass is 384 g/mol. The molecule has 1 heterocycles. The molecule has 0 aliphatic carbocycles. The van der Waals surface area contributed by atoms with Crippen LogP contribution in [-0.4, -0.2) is 23.6 Å². The number of carboxylic acid groups (broad SMARTS) is 1. The number of nitrogens with one attached hydrogen (secondary N) is 2. The van der Waals surface area contributed by atoms with Gasteiger partial charge in [-0.25, -0.2) is 9.79 Å². The molecule has 140 valence electrons. The zero-order valence-electron chi connectivity index (χ0n) is 14.9. The largest absolute Gasteiger partial charge is 0.478 e. The highest BCUT2D eigenvalue weighted by atomic mass is 35.5. The van der Waals surface area contributed by atoms with E-state index in [2.05, 4.69) is 15.6 Å². The van der Waals surface area contributed by atoms with Gasteiger partial charge in [0, 0.05) is 11.6 Å². The Hall–Kier alpha value is -2.99. The molecule has 0 bridgehead atoms. The van der Waals surface area contributed by atoms with E-state index < -0.39 is 5.97 Å². The van der Waals surface area contributed by atoms with Gasteiger partial charge in [-0.15, -0.1) is 0 Å². The summed E-state index contributed by atoms with van der Waals surface area (Å²) in [7, 11) is 0. The first-order valence-corrected chi connectivity index (χ1v) is 8.95. The van der Waals surface area contributed by atoms with Gasteiger partial charge in [0.1, 0.15) is 11.9 Å². The number of guanidine groups is 1. The zero-order chi connectivity index (χ0) is 19.4. The first-order chi connectivity index (χ1) is 12.9. The summed E-state index contributed by atoms with van der Waals surface area (Å²) in [5, 5.41) is 16.0. The summed E-state index contributed by atoms with van der Waals surface area (Å²) in [5.74, 6) is 0.206. The van der Waals surface area contributed by atoms with Gasteiger partial charge in [0.15, 0.2) is 5.96 Å². The summed E-state index contributed by atoms with van der Waals surface area (Å²) < 4.78 is 0. The van der Waals surface area contributed by atoms with Crippen LogP contribution in [0.25, 0.3) is 0 Å². The Bertz CT molecular complexity index is 907. The molecule has 5 N–H and O–H groups in total. The van der Waals surface area contributed by atoms with Crippen LogP contribution >= 0.6 is 11.6 Å². The fraction of sp³-hybridized carbons (Fsp3) is 0.200. The summed E-state index contributed by atoms with van der Waals surface area (Å²) in [6.45, 7) is 2.63. The van der Waals surface area contributed by atoms with Gasteiger partial charge >= 0.3 is 5.97 Å². The molecule has 2 aromatic carbocycles. The fourth-order valence-electron chi connectivity index (χ4n) is 2.92. The van der Waals surface area contributed by atoms with E-state index in [4.69, 9.17) is 22.4 Å². The number of halogens is 1. The number of carboxylic acids is 1. The van der Waals surface area contributed by atoms with Gasteiger partial charge in [0.2, 0.25) is 0 Å². The standard InChI is InChI=1S/C20H21ClN4O2/c1-12-15(3-2-4-16(12)21)17-11-18(25-20(22)24-17)23-10-9-13-5-7-14(8-6-13)19(26)27/h2-8,11,17,23H,9-10H2,1H3,(H,26,27)(H3,22,24,25). The predicted molar refractivity (Wildman–Crippen MR) is 107 cm³/mol. The molecule has 7 heteroatoms. The number of rotatable bonds is 6. The third-order valence-electron chi connectivity index (χ3n) is 4.42. The number of nitrogens with two attached hydrogens (primary N) is 1. The van der Waals surface area contributed by atoms with Crippen molar-refractivity contribution in [2.75, 3.05) is 6.54 Å². The van der Waals surface area contributed by atoms with Crippen LogP contribution in [0.15, 0.2) is 59.4 Å². The molecule has 1 atom stereocenters. The van der Waals surface area contributed by atoms with Crippen molar-refractivity contribution in [1.29, 1.82) is 0 Å². The average Bonchev–Trinajstić information content (AvgIpc) is 2.64. The van der Waals surface area contributed by atoms with Gasteiger partial charge in [0.25, 0.3) is 0 Å². The van der Waals surface area contributed by atoms with Crippen molar-refractivity contribution < 1.29 is 9.90 Å². The lowest BCUT2D eigenvalue weighted by Gasteiger charge is -2.22. The molecule has 2 aromatic rings. The number of hydrogen-bond acceptors (Lipinski definition) is 5. The van der Waals surface area contributed by atoms with Crippen molar-refractivity contribution in [3.63, 3.8) is 0 Å². The Balaban J connectivity index is 1.65. The molecule has 0 amide bonds. The van der Waals surface area contributed by atoms with E-state index in [0.29, 0.717) is 17.5 Å². The van der Waals surface area contributed by atoms with Crippen LogP contribution in [0.3, 0.4) is 0 Å². The Labute approximate surface area is 162 Å². The van der Waals surface area contributed by atoms with Crippen molar-refractivity contribution in [2.24, 2.45) is 10.7 Å². The Morgan fingerprint density at radius 2 is 2.04 bits per heavy atom. The molecule has 1 aliphatic rings. The minimum absolute atomic E-state index is 0.206. The van der Waals surface area contributed by atoms with E-state index >= 15 is 0 Å². The van der Waals surface area contributed by atoms with Gasteiger partial charge in [-0.3, -0.25) is 0 Å². The smallest absolute Gasteiger partial charge is 0.335 e. The van der Waals surface area contributed by atoms with Gasteiger partial charge < -0.3 is 21.5 Å². The van der Waals surface area contributed by atoms with Crippen LogP contribution in [0.4, 0.5) is 0 Å². The SMILES string of the molecule is Cc1c(Cl)cccc1C1C=C(NCCc2ccc(C(=O)O)cc2)NC(N)=N1. The van der Waals surface area contributed by atoms with E-state index in [-0.39, 0.29) is 11.6 Å². The molecule has 0 radical (unpaired) electrons. The lowest BCUT2D eigenvalue weighted by Crippen LogP contribution is -2.40. The predicted octanol–water partition coefficient (Wildman–Crippen LogP) is 2.98. The molecule has 0 saturated carbocycles. The Morgan fingerprint density at radius 1 is 1.30 bits per heavy atom. The van der Waals surface area contributed by atoms with Crippen molar-refractivity contribution >= 4 is 23.5 Å². The third kappa shape index (κ3) is 4.60. The van der Waals surface area contributed by atoms with Crippen LogP contribution in [-0.2, 0) is 6.42 Å². The molecule has 0 saturated heterocycles. The van der Waals surface area contributed by atoms with Crippen LogP contribution in [0, 0.1) is 6.92 Å². The summed E-state index contributed by atoms with van der Waals surface area (Å²) in [6, 6.07) is 12.4. The van der Waals surface area contributed by atoms with E-state index in [0.717, 1.165) is 28.9 Å². The lowest BCUT2D eigenvalue weighted by molar-refractivity contribution is 0.0697. The molecule has 1 aliphatic heterocycles. The Kier molecular flexibility index (Phi) is 5.66. The van der Waals surface area contributed by atoms with Crippen LogP contribution in [0.2, 0.25) is 5.02 Å². The summed E-state index contributed by atoms with van der Waals surface area (Å²) in [5.41, 5.74) is 9.26. The van der Waals surface area contributed by atoms with E-state index in [9.17, 15) is 4.79 Å². The molecule has 6 nitrogen and oxygen atoms in total. The number of hydrogen-bond donors (Lipinski definition) is 4. The van der Waals surface area contributed by atoms with Crippen molar-refractivity contribution in [3.8, 4) is 0 Å². The van der Waals surface area contributed by atoms with Gasteiger partial charge in [0.05, 0.1) is 5.56 Å². The second-order valence-electron chi connectivity index (χ2n) is 6.30. The number of benzene rings is 2. The van der Waals surface area contributed by atoms with Crippen molar-refractivity contribution in [1.82, 2.24) is 10.6 Å². The highest BCUT2D eigenvalue weighted by Crippen LogP contribution is 2.28.